The van der Waals surface area contributed by atoms with Crippen LogP contribution in [0.2, 0.25) is 0 Å². The van der Waals surface area contributed by atoms with Gasteiger partial charge in [0.15, 0.2) is 5.82 Å². The molecule has 1 N–H and O–H groups in total. The van der Waals surface area contributed by atoms with Crippen molar-refractivity contribution in [1.29, 1.82) is 0 Å². The van der Waals surface area contributed by atoms with Crippen molar-refractivity contribution >= 4 is 10.9 Å². The zero-order valence-corrected chi connectivity index (χ0v) is 20.9. The maximum atomic E-state index is 13.4. The van der Waals surface area contributed by atoms with Crippen molar-refractivity contribution in [3.05, 3.63) is 51.6 Å². The zero-order chi connectivity index (χ0) is 24.2. The van der Waals surface area contributed by atoms with Crippen LogP contribution in [0.15, 0.2) is 29.1 Å². The number of hydrogen-bond donors (Lipinski definition) is 1. The van der Waals surface area contributed by atoms with Crippen molar-refractivity contribution in [2.75, 3.05) is 39.9 Å². The first-order valence-electron chi connectivity index (χ1n) is 13.1. The van der Waals surface area contributed by atoms with Gasteiger partial charge in [-0.3, -0.25) is 14.6 Å². The molecule has 0 amide bonds. The van der Waals surface area contributed by atoms with Crippen LogP contribution in [0.25, 0.3) is 10.9 Å². The first-order chi connectivity index (χ1) is 17.2. The minimum atomic E-state index is -0.311. The normalized spacial score (nSPS) is 19.4. The van der Waals surface area contributed by atoms with Gasteiger partial charge in [0.05, 0.1) is 13.2 Å². The summed E-state index contributed by atoms with van der Waals surface area (Å²) in [5.74, 6) is 0.699. The molecular weight excluding hydrogens is 442 g/mol. The lowest BCUT2D eigenvalue weighted by molar-refractivity contribution is 0.0612. The largest absolute Gasteiger partial charge is 0.383 e. The van der Waals surface area contributed by atoms with Gasteiger partial charge in [-0.1, -0.05) is 32.3 Å². The van der Waals surface area contributed by atoms with Crippen LogP contribution >= 0.6 is 0 Å². The van der Waals surface area contributed by atoms with Crippen molar-refractivity contribution < 1.29 is 4.74 Å². The smallest absolute Gasteiger partial charge is 0.253 e. The molecule has 0 radical (unpaired) electrons. The molecule has 1 unspecified atom stereocenters. The van der Waals surface area contributed by atoms with Crippen LogP contribution in [0.5, 0.6) is 0 Å². The van der Waals surface area contributed by atoms with E-state index in [0.717, 1.165) is 43.5 Å². The molecule has 2 aromatic heterocycles. The van der Waals surface area contributed by atoms with E-state index in [-0.39, 0.29) is 11.6 Å². The third kappa shape index (κ3) is 5.17. The van der Waals surface area contributed by atoms with E-state index in [1.807, 2.05) is 12.1 Å². The molecule has 1 saturated heterocycles. The van der Waals surface area contributed by atoms with Crippen LogP contribution < -0.4 is 5.56 Å². The number of ether oxygens (including phenoxy) is 1. The minimum Gasteiger partial charge on any atom is -0.383 e. The topological polar surface area (TPSA) is 92.2 Å². The highest BCUT2D eigenvalue weighted by atomic mass is 16.5. The van der Waals surface area contributed by atoms with E-state index >= 15 is 0 Å². The molecule has 1 aliphatic heterocycles. The van der Waals surface area contributed by atoms with Gasteiger partial charge in [-0.05, 0) is 58.8 Å². The highest BCUT2D eigenvalue weighted by Crippen LogP contribution is 2.30. The van der Waals surface area contributed by atoms with Gasteiger partial charge in [-0.2, -0.15) is 0 Å². The summed E-state index contributed by atoms with van der Waals surface area (Å²) in [5.41, 5.74) is 2.72. The van der Waals surface area contributed by atoms with E-state index in [1.54, 1.807) is 11.8 Å². The molecule has 188 valence electrons. The number of benzene rings is 1. The highest BCUT2D eigenvalue weighted by Gasteiger charge is 2.34. The Bertz CT molecular complexity index is 1180. The van der Waals surface area contributed by atoms with Gasteiger partial charge < -0.3 is 9.72 Å². The van der Waals surface area contributed by atoms with Crippen molar-refractivity contribution in [3.8, 4) is 0 Å². The standard InChI is InChI=1S/C26H37N7O2/c1-3-19-9-10-23-20(17-19)18-22(26(34)27-23)24(25-28-29-30-33(25)15-16-35-2)32-13-11-31(12-14-32)21-7-5-4-6-8-21/h9-10,17-18,21,24H,3-8,11-16H2,1-2H3,(H,27,34). The fourth-order valence-corrected chi connectivity index (χ4v) is 5.75. The number of nitrogens with one attached hydrogen (secondary N) is 1. The first-order valence-corrected chi connectivity index (χ1v) is 13.1. The van der Waals surface area contributed by atoms with Crippen LogP contribution in [0.3, 0.4) is 0 Å². The van der Waals surface area contributed by atoms with Gasteiger partial charge in [-0.25, -0.2) is 4.68 Å². The fourth-order valence-electron chi connectivity index (χ4n) is 5.75. The second kappa shape index (κ2) is 11.0. The van der Waals surface area contributed by atoms with E-state index in [4.69, 9.17) is 4.74 Å². The van der Waals surface area contributed by atoms with Gasteiger partial charge in [0.1, 0.15) is 6.04 Å². The number of rotatable bonds is 8. The van der Waals surface area contributed by atoms with E-state index < -0.39 is 0 Å². The molecule has 1 aliphatic carbocycles. The van der Waals surface area contributed by atoms with Gasteiger partial charge in [0.2, 0.25) is 0 Å². The Morgan fingerprint density at radius 2 is 1.91 bits per heavy atom. The van der Waals surface area contributed by atoms with Gasteiger partial charge >= 0.3 is 0 Å². The number of nitrogens with zero attached hydrogens (tertiary/aromatic N) is 6. The molecule has 3 heterocycles. The average molecular weight is 480 g/mol. The Morgan fingerprint density at radius 1 is 1.11 bits per heavy atom. The van der Waals surface area contributed by atoms with Gasteiger partial charge in [-0.15, -0.1) is 5.10 Å². The molecule has 5 rings (SSSR count). The molecule has 3 aromatic rings. The predicted molar refractivity (Wildman–Crippen MR) is 136 cm³/mol. The van der Waals surface area contributed by atoms with E-state index in [2.05, 4.69) is 49.4 Å². The minimum absolute atomic E-state index is 0.0808. The van der Waals surface area contributed by atoms with Crippen molar-refractivity contribution in [2.24, 2.45) is 0 Å². The third-order valence-electron chi connectivity index (χ3n) is 7.76. The molecule has 1 atom stereocenters. The number of aryl methyl sites for hydroxylation is 1. The lowest BCUT2D eigenvalue weighted by Crippen LogP contribution is -2.52. The second-order valence-corrected chi connectivity index (χ2v) is 9.85. The van der Waals surface area contributed by atoms with Crippen molar-refractivity contribution in [3.63, 3.8) is 0 Å². The maximum absolute atomic E-state index is 13.4. The molecule has 35 heavy (non-hydrogen) atoms. The highest BCUT2D eigenvalue weighted by molar-refractivity contribution is 5.80. The molecule has 1 aromatic carbocycles. The van der Waals surface area contributed by atoms with E-state index in [1.165, 1.54) is 37.7 Å². The number of tetrazole rings is 1. The summed E-state index contributed by atoms with van der Waals surface area (Å²) in [7, 11) is 1.67. The average Bonchev–Trinajstić information content (AvgIpc) is 3.36. The molecule has 0 bridgehead atoms. The fraction of sp³-hybridized carbons (Fsp3) is 0.615. The van der Waals surface area contributed by atoms with Crippen molar-refractivity contribution in [2.45, 2.75) is 64.1 Å². The molecule has 1 saturated carbocycles. The number of H-pyrrole nitrogens is 1. The molecule has 0 spiro atoms. The molecule has 9 heteroatoms. The number of aromatic nitrogens is 5. The summed E-state index contributed by atoms with van der Waals surface area (Å²) < 4.78 is 7.07. The second-order valence-electron chi connectivity index (χ2n) is 9.85. The van der Waals surface area contributed by atoms with Crippen molar-refractivity contribution in [1.82, 2.24) is 35.0 Å². The lowest BCUT2D eigenvalue weighted by atomic mass is 9.93. The summed E-state index contributed by atoms with van der Waals surface area (Å²) in [6.45, 7) is 6.97. The number of piperazine rings is 1. The zero-order valence-electron chi connectivity index (χ0n) is 20.9. The molecule has 2 aliphatic rings. The monoisotopic (exact) mass is 479 g/mol. The Morgan fingerprint density at radius 3 is 2.66 bits per heavy atom. The number of methoxy groups -OCH3 is 1. The molecular formula is C26H37N7O2. The Kier molecular flexibility index (Phi) is 7.55. The van der Waals surface area contributed by atoms with Gasteiger partial charge in [0.25, 0.3) is 5.56 Å². The first kappa shape index (κ1) is 24.1. The van der Waals surface area contributed by atoms with Crippen LogP contribution in [0.4, 0.5) is 0 Å². The Hall–Kier alpha value is -2.62. The van der Waals surface area contributed by atoms with Crippen LogP contribution in [0, 0.1) is 0 Å². The van der Waals surface area contributed by atoms with E-state index in [0.29, 0.717) is 30.6 Å². The lowest BCUT2D eigenvalue weighted by Gasteiger charge is -2.42. The van der Waals surface area contributed by atoms with Crippen LogP contribution in [-0.4, -0.2) is 80.9 Å². The quantitative estimate of drug-likeness (QED) is 0.531. The summed E-state index contributed by atoms with van der Waals surface area (Å²) in [6, 6.07) is 8.67. The van der Waals surface area contributed by atoms with Crippen LogP contribution in [0.1, 0.15) is 62.0 Å². The number of hydrogen-bond acceptors (Lipinski definition) is 7. The molecule has 9 nitrogen and oxygen atoms in total. The number of fused-ring (bicyclic) bond motifs is 1. The Labute approximate surface area is 206 Å². The Balaban J connectivity index is 1.49. The molecule has 2 fully saturated rings. The summed E-state index contributed by atoms with van der Waals surface area (Å²) >= 11 is 0. The van der Waals surface area contributed by atoms with Crippen LogP contribution in [-0.2, 0) is 17.7 Å². The van der Waals surface area contributed by atoms with E-state index in [9.17, 15) is 4.79 Å². The summed E-state index contributed by atoms with van der Waals surface area (Å²) in [4.78, 5) is 21.6. The maximum Gasteiger partial charge on any atom is 0.253 e. The number of aromatic amines is 1. The summed E-state index contributed by atoms with van der Waals surface area (Å²) in [6.07, 6.45) is 7.62. The predicted octanol–water partition coefficient (Wildman–Crippen LogP) is 2.76. The number of pyridine rings is 1. The third-order valence-corrected chi connectivity index (χ3v) is 7.76. The van der Waals surface area contributed by atoms with Gasteiger partial charge in [0, 0.05) is 50.4 Å². The SMILES string of the molecule is CCc1ccc2[nH]c(=O)c(C(c3nnnn3CCOC)N3CCN(C4CCCCC4)CC3)cc2c1. The summed E-state index contributed by atoms with van der Waals surface area (Å²) in [5, 5.41) is 13.7.